The van der Waals surface area contributed by atoms with Crippen molar-refractivity contribution in [3.05, 3.63) is 52.6 Å². The molecule has 4 nitrogen and oxygen atoms in total. The highest BCUT2D eigenvalue weighted by Gasteiger charge is 2.34. The average Bonchev–Trinajstić information content (AvgIpc) is 2.91. The molecule has 146 valence electrons. The van der Waals surface area contributed by atoms with Gasteiger partial charge in [0, 0.05) is 31.1 Å². The molecule has 27 heavy (non-hydrogen) atoms. The van der Waals surface area contributed by atoms with E-state index in [0.29, 0.717) is 19.4 Å². The molecule has 0 radical (unpaired) electrons. The summed E-state index contributed by atoms with van der Waals surface area (Å²) in [5, 5.41) is 7.58. The van der Waals surface area contributed by atoms with Gasteiger partial charge in [0.25, 0.3) is 0 Å². The molecular formula is C22H30FN3O. The molecule has 1 aliphatic carbocycles. The summed E-state index contributed by atoms with van der Waals surface area (Å²) in [6.45, 7) is 4.66. The van der Waals surface area contributed by atoms with Crippen LogP contribution in [-0.2, 0) is 23.7 Å². The van der Waals surface area contributed by atoms with Crippen LogP contribution in [0.25, 0.3) is 0 Å². The van der Waals surface area contributed by atoms with Crippen molar-refractivity contribution < 1.29 is 9.18 Å². The molecule has 1 heterocycles. The second-order valence-corrected chi connectivity index (χ2v) is 7.90. The van der Waals surface area contributed by atoms with Crippen molar-refractivity contribution in [2.75, 3.05) is 6.54 Å². The summed E-state index contributed by atoms with van der Waals surface area (Å²) in [4.78, 5) is 12.5. The predicted octanol–water partition coefficient (Wildman–Crippen LogP) is 4.13. The number of hydrogen-bond acceptors (Lipinski definition) is 2. The van der Waals surface area contributed by atoms with Crippen molar-refractivity contribution in [1.82, 2.24) is 15.1 Å². The van der Waals surface area contributed by atoms with E-state index < -0.39 is 0 Å². The summed E-state index contributed by atoms with van der Waals surface area (Å²) in [6, 6.07) is 6.83. The van der Waals surface area contributed by atoms with E-state index in [0.717, 1.165) is 42.6 Å². The number of amides is 1. The van der Waals surface area contributed by atoms with Crippen LogP contribution in [0.5, 0.6) is 0 Å². The Morgan fingerprint density at radius 2 is 1.85 bits per heavy atom. The molecule has 5 heteroatoms. The van der Waals surface area contributed by atoms with Gasteiger partial charge in [-0.15, -0.1) is 0 Å². The lowest BCUT2D eigenvalue weighted by Gasteiger charge is -2.38. The Kier molecular flexibility index (Phi) is 5.98. The first-order valence-corrected chi connectivity index (χ1v) is 9.93. The average molecular weight is 372 g/mol. The number of carbonyl (C=O) groups is 1. The fourth-order valence-electron chi connectivity index (χ4n) is 4.37. The molecule has 0 bridgehead atoms. The summed E-state index contributed by atoms with van der Waals surface area (Å²) >= 11 is 0. The maximum Gasteiger partial charge on any atom is 0.220 e. The Labute approximate surface area is 161 Å². The van der Waals surface area contributed by atoms with Crippen LogP contribution in [-0.4, -0.2) is 22.2 Å². The number of aromatic nitrogens is 2. The zero-order valence-electron chi connectivity index (χ0n) is 16.6. The third kappa shape index (κ3) is 4.40. The van der Waals surface area contributed by atoms with Gasteiger partial charge in [-0.2, -0.15) is 5.10 Å². The Morgan fingerprint density at radius 3 is 2.44 bits per heavy atom. The second kappa shape index (κ2) is 8.24. The van der Waals surface area contributed by atoms with E-state index in [1.54, 1.807) is 0 Å². The van der Waals surface area contributed by atoms with Gasteiger partial charge in [0.2, 0.25) is 5.91 Å². The summed E-state index contributed by atoms with van der Waals surface area (Å²) in [5.74, 6) is -0.138. The monoisotopic (exact) mass is 371 g/mol. The lowest BCUT2D eigenvalue weighted by atomic mass is 9.69. The Morgan fingerprint density at radius 1 is 1.19 bits per heavy atom. The molecule has 1 aromatic heterocycles. The van der Waals surface area contributed by atoms with Crippen molar-refractivity contribution in [3.8, 4) is 0 Å². The first-order valence-electron chi connectivity index (χ1n) is 9.93. The van der Waals surface area contributed by atoms with Crippen LogP contribution in [0.15, 0.2) is 24.3 Å². The van der Waals surface area contributed by atoms with E-state index in [1.807, 2.05) is 37.7 Å². The SMILES string of the molecule is Cc1nn(C)c(C)c1CCC(=O)NCC1(c2ccc(F)cc2)CCCCC1. The van der Waals surface area contributed by atoms with Gasteiger partial charge in [0.15, 0.2) is 0 Å². The normalized spacial score (nSPS) is 16.3. The highest BCUT2D eigenvalue weighted by molar-refractivity contribution is 5.76. The van der Waals surface area contributed by atoms with Crippen LogP contribution in [0, 0.1) is 19.7 Å². The number of nitrogens with one attached hydrogen (secondary N) is 1. The zero-order chi connectivity index (χ0) is 19.4. The molecule has 1 aliphatic rings. The quantitative estimate of drug-likeness (QED) is 0.830. The topological polar surface area (TPSA) is 46.9 Å². The van der Waals surface area contributed by atoms with E-state index in [1.165, 1.54) is 24.1 Å². The molecule has 0 unspecified atom stereocenters. The van der Waals surface area contributed by atoms with Gasteiger partial charge >= 0.3 is 0 Å². The standard InChI is InChI=1S/C22H30FN3O/c1-16-20(17(2)26(3)25-16)11-12-21(27)24-15-22(13-5-4-6-14-22)18-7-9-19(23)10-8-18/h7-10H,4-6,11-15H2,1-3H3,(H,24,27). The number of aryl methyl sites for hydroxylation is 2. The summed E-state index contributed by atoms with van der Waals surface area (Å²) < 4.78 is 15.2. The number of rotatable bonds is 6. The summed E-state index contributed by atoms with van der Waals surface area (Å²) in [5.41, 5.74) is 4.36. The lowest BCUT2D eigenvalue weighted by Crippen LogP contribution is -2.42. The lowest BCUT2D eigenvalue weighted by molar-refractivity contribution is -0.121. The minimum Gasteiger partial charge on any atom is -0.355 e. The van der Waals surface area contributed by atoms with Gasteiger partial charge in [-0.25, -0.2) is 4.39 Å². The molecule has 0 spiro atoms. The first kappa shape index (κ1) is 19.6. The number of halogens is 1. The van der Waals surface area contributed by atoms with E-state index >= 15 is 0 Å². The van der Waals surface area contributed by atoms with Gasteiger partial charge in [-0.05, 0) is 56.4 Å². The maximum atomic E-state index is 13.3. The van der Waals surface area contributed by atoms with Crippen LogP contribution in [0.1, 0.15) is 61.0 Å². The van der Waals surface area contributed by atoms with Crippen molar-refractivity contribution in [2.24, 2.45) is 7.05 Å². The number of benzene rings is 1. The van der Waals surface area contributed by atoms with E-state index in [9.17, 15) is 9.18 Å². The predicted molar refractivity (Wildman–Crippen MR) is 105 cm³/mol. The minimum atomic E-state index is -0.212. The third-order valence-electron chi connectivity index (χ3n) is 6.15. The van der Waals surface area contributed by atoms with Gasteiger partial charge in [-0.1, -0.05) is 31.4 Å². The molecule has 0 saturated heterocycles. The summed E-state index contributed by atoms with van der Waals surface area (Å²) in [6.07, 6.45) is 6.80. The highest BCUT2D eigenvalue weighted by Crippen LogP contribution is 2.39. The van der Waals surface area contributed by atoms with Crippen molar-refractivity contribution in [2.45, 2.75) is 64.2 Å². The smallest absolute Gasteiger partial charge is 0.220 e. The van der Waals surface area contributed by atoms with E-state index in [-0.39, 0.29) is 17.1 Å². The van der Waals surface area contributed by atoms with Gasteiger partial charge < -0.3 is 5.32 Å². The maximum absolute atomic E-state index is 13.3. The fourth-order valence-corrected chi connectivity index (χ4v) is 4.37. The number of carbonyl (C=O) groups excluding carboxylic acids is 1. The molecular weight excluding hydrogens is 341 g/mol. The van der Waals surface area contributed by atoms with Gasteiger partial charge in [0.05, 0.1) is 5.69 Å². The number of nitrogens with zero attached hydrogens (tertiary/aromatic N) is 2. The Balaban J connectivity index is 1.63. The molecule has 1 fully saturated rings. The van der Waals surface area contributed by atoms with Crippen LogP contribution < -0.4 is 5.32 Å². The van der Waals surface area contributed by atoms with Crippen molar-refractivity contribution in [1.29, 1.82) is 0 Å². The number of hydrogen-bond donors (Lipinski definition) is 1. The van der Waals surface area contributed by atoms with Crippen LogP contribution in [0.4, 0.5) is 4.39 Å². The molecule has 0 atom stereocenters. The second-order valence-electron chi connectivity index (χ2n) is 7.90. The minimum absolute atomic E-state index is 0.0677. The molecule has 1 aromatic carbocycles. The van der Waals surface area contributed by atoms with Gasteiger partial charge in [0.1, 0.15) is 5.82 Å². The third-order valence-corrected chi connectivity index (χ3v) is 6.15. The fraction of sp³-hybridized carbons (Fsp3) is 0.545. The molecule has 3 rings (SSSR count). The van der Waals surface area contributed by atoms with Gasteiger partial charge in [-0.3, -0.25) is 9.48 Å². The zero-order valence-corrected chi connectivity index (χ0v) is 16.6. The first-order chi connectivity index (χ1) is 12.9. The largest absolute Gasteiger partial charge is 0.355 e. The Bertz CT molecular complexity index is 789. The molecule has 1 saturated carbocycles. The molecule has 1 amide bonds. The van der Waals surface area contributed by atoms with E-state index in [4.69, 9.17) is 0 Å². The van der Waals surface area contributed by atoms with E-state index in [2.05, 4.69) is 10.4 Å². The Hall–Kier alpha value is -2.17. The molecule has 2 aromatic rings. The van der Waals surface area contributed by atoms with Crippen molar-refractivity contribution >= 4 is 5.91 Å². The van der Waals surface area contributed by atoms with Crippen LogP contribution >= 0.6 is 0 Å². The van der Waals surface area contributed by atoms with Crippen LogP contribution in [0.2, 0.25) is 0 Å². The molecule has 1 N–H and O–H groups in total. The van der Waals surface area contributed by atoms with Crippen molar-refractivity contribution in [3.63, 3.8) is 0 Å². The highest BCUT2D eigenvalue weighted by atomic mass is 19.1. The summed E-state index contributed by atoms with van der Waals surface area (Å²) in [7, 11) is 1.93. The van der Waals surface area contributed by atoms with Crippen LogP contribution in [0.3, 0.4) is 0 Å². The molecule has 0 aliphatic heterocycles.